The van der Waals surface area contributed by atoms with Crippen molar-refractivity contribution in [1.29, 1.82) is 0 Å². The van der Waals surface area contributed by atoms with Gasteiger partial charge in [-0.1, -0.05) is 6.08 Å². The van der Waals surface area contributed by atoms with Crippen molar-refractivity contribution in [3.63, 3.8) is 0 Å². The monoisotopic (exact) mass is 202 g/mol. The standard InChI is InChI=1S/C5H6N4O3S/c1-2-3-12-13(10,11)5-4-6-8-9-7-5/h2,4H,1,3H2. The van der Waals surface area contributed by atoms with Crippen LogP contribution in [0.4, 0.5) is 0 Å². The van der Waals surface area contributed by atoms with E-state index in [1.165, 1.54) is 6.08 Å². The summed E-state index contributed by atoms with van der Waals surface area (Å²) in [6.07, 6.45) is 2.25. The van der Waals surface area contributed by atoms with Gasteiger partial charge in [0.15, 0.2) is 0 Å². The predicted octanol–water partition coefficient (Wildman–Crippen LogP) is -0.842. The van der Waals surface area contributed by atoms with Gasteiger partial charge in [-0.15, -0.1) is 16.8 Å². The summed E-state index contributed by atoms with van der Waals surface area (Å²) in [5.41, 5.74) is 0. The highest BCUT2D eigenvalue weighted by atomic mass is 32.2. The molecule has 0 N–H and O–H groups in total. The average molecular weight is 202 g/mol. The fourth-order valence-electron chi connectivity index (χ4n) is 0.501. The first-order chi connectivity index (χ1) is 6.17. The number of hydrogen-bond donors (Lipinski definition) is 0. The Morgan fingerprint density at radius 3 is 2.85 bits per heavy atom. The van der Waals surface area contributed by atoms with Gasteiger partial charge in [0.2, 0.25) is 5.03 Å². The van der Waals surface area contributed by atoms with E-state index in [1.807, 2.05) is 0 Å². The first-order valence-electron chi connectivity index (χ1n) is 3.18. The van der Waals surface area contributed by atoms with Crippen LogP contribution in [0.3, 0.4) is 0 Å². The lowest BCUT2D eigenvalue weighted by Gasteiger charge is -1.98. The van der Waals surface area contributed by atoms with Crippen molar-refractivity contribution in [2.75, 3.05) is 6.61 Å². The van der Waals surface area contributed by atoms with Crippen molar-refractivity contribution in [1.82, 2.24) is 20.6 Å². The molecular weight excluding hydrogens is 196 g/mol. The van der Waals surface area contributed by atoms with Crippen molar-refractivity contribution in [3.8, 4) is 0 Å². The molecule has 1 rings (SSSR count). The van der Waals surface area contributed by atoms with E-state index in [0.717, 1.165) is 6.20 Å². The molecular formula is C5H6N4O3S. The first kappa shape index (κ1) is 9.68. The minimum atomic E-state index is -3.87. The third-order valence-corrected chi connectivity index (χ3v) is 2.15. The molecule has 0 atom stereocenters. The smallest absolute Gasteiger partial charge is 0.261 e. The summed E-state index contributed by atoms with van der Waals surface area (Å²) in [5, 5.41) is 12.3. The van der Waals surface area contributed by atoms with E-state index in [9.17, 15) is 8.42 Å². The van der Waals surface area contributed by atoms with Gasteiger partial charge in [-0.2, -0.15) is 8.42 Å². The summed E-state index contributed by atoms with van der Waals surface area (Å²) in [4.78, 5) is 0. The maximum absolute atomic E-state index is 11.2. The third-order valence-electron chi connectivity index (χ3n) is 1.00. The van der Waals surface area contributed by atoms with E-state index >= 15 is 0 Å². The Bertz CT molecular complexity index is 376. The van der Waals surface area contributed by atoms with Gasteiger partial charge in [-0.25, -0.2) is 0 Å². The maximum atomic E-state index is 11.2. The predicted molar refractivity (Wildman–Crippen MR) is 41.0 cm³/mol. The lowest BCUT2D eigenvalue weighted by molar-refractivity contribution is 0.353. The van der Waals surface area contributed by atoms with Crippen molar-refractivity contribution < 1.29 is 12.6 Å². The van der Waals surface area contributed by atoms with Crippen LogP contribution in [0.15, 0.2) is 23.9 Å². The van der Waals surface area contributed by atoms with Crippen molar-refractivity contribution >= 4 is 10.1 Å². The van der Waals surface area contributed by atoms with Crippen LogP contribution >= 0.6 is 0 Å². The molecule has 0 aliphatic heterocycles. The fraction of sp³-hybridized carbons (Fsp3) is 0.200. The molecule has 0 spiro atoms. The molecule has 0 aliphatic carbocycles. The number of aromatic nitrogens is 4. The zero-order chi connectivity index (χ0) is 9.73. The maximum Gasteiger partial charge on any atom is 0.318 e. The Labute approximate surface area is 74.6 Å². The van der Waals surface area contributed by atoms with Gasteiger partial charge in [0.25, 0.3) is 0 Å². The molecule has 70 valence electrons. The first-order valence-corrected chi connectivity index (χ1v) is 4.59. The van der Waals surface area contributed by atoms with E-state index < -0.39 is 10.1 Å². The van der Waals surface area contributed by atoms with Crippen LogP contribution in [0.25, 0.3) is 0 Å². The van der Waals surface area contributed by atoms with Gasteiger partial charge in [0.1, 0.15) is 0 Å². The molecule has 0 radical (unpaired) electrons. The Balaban J connectivity index is 2.88. The van der Waals surface area contributed by atoms with E-state index in [0.29, 0.717) is 0 Å². The van der Waals surface area contributed by atoms with E-state index in [4.69, 9.17) is 0 Å². The second kappa shape index (κ2) is 4.01. The second-order valence-corrected chi connectivity index (χ2v) is 3.45. The van der Waals surface area contributed by atoms with Gasteiger partial charge in [0, 0.05) is 0 Å². The zero-order valence-electron chi connectivity index (χ0n) is 6.49. The molecule has 0 fully saturated rings. The van der Waals surface area contributed by atoms with Gasteiger partial charge < -0.3 is 0 Å². The largest absolute Gasteiger partial charge is 0.318 e. The topological polar surface area (TPSA) is 94.9 Å². The number of nitrogens with zero attached hydrogens (tertiary/aromatic N) is 4. The quantitative estimate of drug-likeness (QED) is 0.464. The van der Waals surface area contributed by atoms with E-state index in [2.05, 4.69) is 31.4 Å². The number of hydrogen-bond acceptors (Lipinski definition) is 7. The van der Waals surface area contributed by atoms with Crippen LogP contribution in [0.2, 0.25) is 0 Å². The normalized spacial score (nSPS) is 11.1. The lowest BCUT2D eigenvalue weighted by Crippen LogP contribution is -2.10. The molecule has 0 saturated carbocycles. The van der Waals surface area contributed by atoms with Gasteiger partial charge in [-0.05, 0) is 10.4 Å². The van der Waals surface area contributed by atoms with Crippen LogP contribution in [-0.2, 0) is 14.3 Å². The van der Waals surface area contributed by atoms with E-state index in [1.54, 1.807) is 0 Å². The minimum absolute atomic E-state index is 0.119. The minimum Gasteiger partial charge on any atom is -0.261 e. The molecule has 0 aliphatic rings. The van der Waals surface area contributed by atoms with Crippen LogP contribution < -0.4 is 0 Å². The molecule has 0 amide bonds. The summed E-state index contributed by atoms with van der Waals surface area (Å²) in [7, 11) is -3.87. The Morgan fingerprint density at radius 1 is 1.54 bits per heavy atom. The van der Waals surface area contributed by atoms with Crippen molar-refractivity contribution in [3.05, 3.63) is 18.9 Å². The Kier molecular flexibility index (Phi) is 2.98. The molecule has 1 heterocycles. The summed E-state index contributed by atoms with van der Waals surface area (Å²) in [6, 6.07) is 0. The van der Waals surface area contributed by atoms with Gasteiger partial charge in [-0.3, -0.25) is 4.18 Å². The summed E-state index contributed by atoms with van der Waals surface area (Å²) < 4.78 is 26.8. The molecule has 7 nitrogen and oxygen atoms in total. The van der Waals surface area contributed by atoms with Crippen LogP contribution in [0, 0.1) is 0 Å². The highest BCUT2D eigenvalue weighted by molar-refractivity contribution is 7.86. The summed E-state index contributed by atoms with van der Waals surface area (Å²) in [6.45, 7) is 3.19. The highest BCUT2D eigenvalue weighted by Crippen LogP contribution is 2.04. The lowest BCUT2D eigenvalue weighted by atomic mass is 10.7. The molecule has 1 aromatic heterocycles. The molecule has 0 saturated heterocycles. The third kappa shape index (κ3) is 2.53. The molecule has 13 heavy (non-hydrogen) atoms. The van der Waals surface area contributed by atoms with Crippen LogP contribution in [0.5, 0.6) is 0 Å². The zero-order valence-corrected chi connectivity index (χ0v) is 7.31. The van der Waals surface area contributed by atoms with Crippen LogP contribution in [-0.4, -0.2) is 35.6 Å². The molecule has 0 unspecified atom stereocenters. The van der Waals surface area contributed by atoms with Gasteiger partial charge >= 0.3 is 10.1 Å². The molecule has 0 aromatic carbocycles. The Hall–Kier alpha value is -1.41. The summed E-state index contributed by atoms with van der Waals surface area (Å²) >= 11 is 0. The molecule has 1 aromatic rings. The molecule has 0 bridgehead atoms. The van der Waals surface area contributed by atoms with Crippen molar-refractivity contribution in [2.24, 2.45) is 0 Å². The van der Waals surface area contributed by atoms with Gasteiger partial charge in [0.05, 0.1) is 12.8 Å². The van der Waals surface area contributed by atoms with Crippen LogP contribution in [0.1, 0.15) is 0 Å². The fourth-order valence-corrected chi connectivity index (χ4v) is 1.21. The SMILES string of the molecule is C=CCOS(=O)(=O)c1cnnnn1. The van der Waals surface area contributed by atoms with Crippen molar-refractivity contribution in [2.45, 2.75) is 5.03 Å². The average Bonchev–Trinajstić information content (AvgIpc) is 2.16. The number of rotatable bonds is 4. The second-order valence-electron chi connectivity index (χ2n) is 1.89. The Morgan fingerprint density at radius 2 is 2.31 bits per heavy atom. The summed E-state index contributed by atoms with van der Waals surface area (Å²) in [5.74, 6) is 0. The van der Waals surface area contributed by atoms with E-state index in [-0.39, 0.29) is 11.6 Å². The molecule has 8 heteroatoms. The highest BCUT2D eigenvalue weighted by Gasteiger charge is 2.16.